The molecular weight excluding hydrogens is 406 g/mol. The van der Waals surface area contributed by atoms with Gasteiger partial charge in [-0.1, -0.05) is 24.3 Å². The van der Waals surface area contributed by atoms with Crippen molar-refractivity contribution < 1.29 is 18.7 Å². The first-order valence-electron chi connectivity index (χ1n) is 10.3. The van der Waals surface area contributed by atoms with Crippen LogP contribution in [-0.4, -0.2) is 25.7 Å². The van der Waals surface area contributed by atoms with Crippen LogP contribution in [0, 0.1) is 0 Å². The maximum absolute atomic E-state index is 11.8. The Morgan fingerprint density at radius 1 is 0.938 bits per heavy atom. The normalized spacial score (nSPS) is 13.2. The van der Waals surface area contributed by atoms with Crippen molar-refractivity contribution in [3.8, 4) is 22.8 Å². The van der Waals surface area contributed by atoms with E-state index in [4.69, 9.17) is 24.6 Å². The molecule has 0 radical (unpaired) electrons. The lowest BCUT2D eigenvalue weighted by atomic mass is 10.1. The van der Waals surface area contributed by atoms with Crippen molar-refractivity contribution in [1.29, 1.82) is 0 Å². The SMILES string of the molecule is NCC(=O)Nc1ccccc1N=c1cc(-c2ccc3c(c2)OCCO3)oc2ccccc12. The highest BCUT2D eigenvalue weighted by Gasteiger charge is 2.14. The molecule has 3 aromatic carbocycles. The third-order valence-corrected chi connectivity index (χ3v) is 5.08. The molecule has 3 N–H and O–H groups in total. The number of amides is 1. The Hall–Kier alpha value is -4.10. The molecule has 0 saturated carbocycles. The number of hydrogen-bond donors (Lipinski definition) is 2. The highest BCUT2D eigenvalue weighted by Crippen LogP contribution is 2.35. The fourth-order valence-corrected chi connectivity index (χ4v) is 3.56. The van der Waals surface area contributed by atoms with Crippen LogP contribution in [0.4, 0.5) is 11.4 Å². The monoisotopic (exact) mass is 427 g/mol. The molecule has 0 fully saturated rings. The van der Waals surface area contributed by atoms with E-state index in [9.17, 15) is 4.79 Å². The number of carbonyl (C=O) groups is 1. The summed E-state index contributed by atoms with van der Waals surface area (Å²) in [5, 5.41) is 4.37. The van der Waals surface area contributed by atoms with E-state index >= 15 is 0 Å². The molecule has 0 aliphatic carbocycles. The maximum atomic E-state index is 11.8. The highest BCUT2D eigenvalue weighted by molar-refractivity contribution is 5.94. The van der Waals surface area contributed by atoms with Gasteiger partial charge in [-0.15, -0.1) is 0 Å². The molecule has 32 heavy (non-hydrogen) atoms. The standard InChI is InChI=1S/C25H21N3O4/c26-15-25(29)28-19-7-3-2-6-18(19)27-20-14-23(32-21-8-4-1-5-17(20)21)16-9-10-22-24(13-16)31-12-11-30-22/h1-10,13-14H,11-12,15,26H2,(H,28,29). The van der Waals surface area contributed by atoms with Gasteiger partial charge < -0.3 is 24.9 Å². The lowest BCUT2D eigenvalue weighted by Crippen LogP contribution is -2.21. The fraction of sp³-hybridized carbons (Fsp3) is 0.120. The first-order chi connectivity index (χ1) is 15.7. The van der Waals surface area contributed by atoms with Crippen LogP contribution in [0.25, 0.3) is 22.3 Å². The molecule has 4 aromatic rings. The van der Waals surface area contributed by atoms with Gasteiger partial charge in [0.1, 0.15) is 24.6 Å². The van der Waals surface area contributed by atoms with Crippen LogP contribution in [0.15, 0.2) is 82.2 Å². The van der Waals surface area contributed by atoms with Crippen molar-refractivity contribution in [1.82, 2.24) is 0 Å². The van der Waals surface area contributed by atoms with Gasteiger partial charge in [0, 0.05) is 17.0 Å². The van der Waals surface area contributed by atoms with Gasteiger partial charge >= 0.3 is 0 Å². The number of fused-ring (bicyclic) bond motifs is 2. The molecule has 160 valence electrons. The number of nitrogens with zero attached hydrogens (tertiary/aromatic N) is 1. The topological polar surface area (TPSA) is 99.1 Å². The van der Waals surface area contributed by atoms with E-state index in [1.54, 1.807) is 6.07 Å². The van der Waals surface area contributed by atoms with Crippen LogP contribution in [0.2, 0.25) is 0 Å². The largest absolute Gasteiger partial charge is 0.486 e. The number of carbonyl (C=O) groups excluding carboxylic acids is 1. The lowest BCUT2D eigenvalue weighted by Gasteiger charge is -2.18. The zero-order valence-corrected chi connectivity index (χ0v) is 17.2. The third-order valence-electron chi connectivity index (χ3n) is 5.08. The Morgan fingerprint density at radius 2 is 1.72 bits per heavy atom. The van der Waals surface area contributed by atoms with E-state index < -0.39 is 0 Å². The fourth-order valence-electron chi connectivity index (χ4n) is 3.56. The van der Waals surface area contributed by atoms with E-state index in [0.29, 0.717) is 47.0 Å². The molecule has 1 aliphatic heterocycles. The Bertz CT molecular complexity index is 1380. The summed E-state index contributed by atoms with van der Waals surface area (Å²) in [7, 11) is 0. The van der Waals surface area contributed by atoms with Crippen molar-refractivity contribution in [2.45, 2.75) is 0 Å². The number of benzene rings is 3. The van der Waals surface area contributed by atoms with Gasteiger partial charge in [0.05, 0.1) is 23.3 Å². The first-order valence-corrected chi connectivity index (χ1v) is 10.3. The molecule has 5 rings (SSSR count). The van der Waals surface area contributed by atoms with Crippen LogP contribution in [0.1, 0.15) is 0 Å². The van der Waals surface area contributed by atoms with Crippen molar-refractivity contribution in [2.75, 3.05) is 25.1 Å². The molecule has 0 bridgehead atoms. The number of ether oxygens (including phenoxy) is 2. The van der Waals surface area contributed by atoms with Gasteiger partial charge in [-0.2, -0.15) is 0 Å². The molecule has 0 atom stereocenters. The zero-order valence-electron chi connectivity index (χ0n) is 17.2. The molecule has 0 unspecified atom stereocenters. The number of anilines is 1. The number of hydrogen-bond acceptors (Lipinski definition) is 6. The first kappa shape index (κ1) is 19.8. The third kappa shape index (κ3) is 3.93. The van der Waals surface area contributed by atoms with Crippen molar-refractivity contribution in [2.24, 2.45) is 10.7 Å². The quantitative estimate of drug-likeness (QED) is 0.513. The second-order valence-electron chi connectivity index (χ2n) is 7.23. The zero-order chi connectivity index (χ0) is 21.9. The minimum absolute atomic E-state index is 0.101. The Balaban J connectivity index is 1.67. The van der Waals surface area contributed by atoms with Gasteiger partial charge in [0.25, 0.3) is 0 Å². The molecule has 7 nitrogen and oxygen atoms in total. The summed E-state index contributed by atoms with van der Waals surface area (Å²) in [5.41, 5.74) is 8.22. The van der Waals surface area contributed by atoms with Crippen LogP contribution in [0.3, 0.4) is 0 Å². The van der Waals surface area contributed by atoms with E-state index in [0.717, 1.165) is 16.7 Å². The maximum Gasteiger partial charge on any atom is 0.238 e. The van der Waals surface area contributed by atoms with Gasteiger partial charge in [0.2, 0.25) is 5.91 Å². The minimum atomic E-state index is -0.280. The molecule has 1 aliphatic rings. The summed E-state index contributed by atoms with van der Waals surface area (Å²) < 4.78 is 17.5. The number of para-hydroxylation sites is 3. The van der Waals surface area contributed by atoms with Crippen LogP contribution < -0.4 is 25.9 Å². The number of rotatable bonds is 4. The predicted molar refractivity (Wildman–Crippen MR) is 122 cm³/mol. The van der Waals surface area contributed by atoms with E-state index in [-0.39, 0.29) is 12.5 Å². The molecule has 2 heterocycles. The molecule has 7 heteroatoms. The molecular formula is C25H21N3O4. The van der Waals surface area contributed by atoms with Gasteiger partial charge in [0.15, 0.2) is 11.5 Å². The average molecular weight is 427 g/mol. The summed E-state index contributed by atoms with van der Waals surface area (Å²) in [5.74, 6) is 1.76. The van der Waals surface area contributed by atoms with Crippen LogP contribution >= 0.6 is 0 Å². The molecule has 1 aromatic heterocycles. The highest BCUT2D eigenvalue weighted by atomic mass is 16.6. The second kappa shape index (κ2) is 8.56. The summed E-state index contributed by atoms with van der Waals surface area (Å²) in [6.07, 6.45) is 0. The Labute approximate surface area is 184 Å². The molecule has 0 spiro atoms. The Morgan fingerprint density at radius 3 is 2.59 bits per heavy atom. The summed E-state index contributed by atoms with van der Waals surface area (Å²) >= 11 is 0. The second-order valence-corrected chi connectivity index (χ2v) is 7.23. The summed E-state index contributed by atoms with van der Waals surface area (Å²) in [6, 6.07) is 22.6. The van der Waals surface area contributed by atoms with Gasteiger partial charge in [-0.25, -0.2) is 4.99 Å². The van der Waals surface area contributed by atoms with E-state index in [1.807, 2.05) is 66.7 Å². The summed E-state index contributed by atoms with van der Waals surface area (Å²) in [6.45, 7) is 0.947. The van der Waals surface area contributed by atoms with Crippen molar-refractivity contribution in [3.05, 3.63) is 78.2 Å². The molecule has 0 saturated heterocycles. The smallest absolute Gasteiger partial charge is 0.238 e. The number of nitrogens with one attached hydrogen (secondary N) is 1. The van der Waals surface area contributed by atoms with Crippen LogP contribution in [-0.2, 0) is 4.79 Å². The number of nitrogens with two attached hydrogens (primary N) is 1. The van der Waals surface area contributed by atoms with Crippen LogP contribution in [0.5, 0.6) is 11.5 Å². The van der Waals surface area contributed by atoms with Gasteiger partial charge in [-0.3, -0.25) is 4.79 Å². The lowest BCUT2D eigenvalue weighted by molar-refractivity contribution is -0.114. The average Bonchev–Trinajstić information content (AvgIpc) is 2.84. The summed E-state index contributed by atoms with van der Waals surface area (Å²) in [4.78, 5) is 16.7. The van der Waals surface area contributed by atoms with E-state index in [2.05, 4.69) is 5.32 Å². The van der Waals surface area contributed by atoms with E-state index in [1.165, 1.54) is 0 Å². The van der Waals surface area contributed by atoms with Crippen molar-refractivity contribution >= 4 is 28.3 Å². The van der Waals surface area contributed by atoms with Gasteiger partial charge in [-0.05, 0) is 42.5 Å². The van der Waals surface area contributed by atoms with Crippen molar-refractivity contribution in [3.63, 3.8) is 0 Å². The predicted octanol–water partition coefficient (Wildman–Crippen LogP) is 4.00. The minimum Gasteiger partial charge on any atom is -0.486 e. The Kier molecular flexibility index (Phi) is 5.31. The molecule has 1 amide bonds.